The van der Waals surface area contributed by atoms with Crippen molar-refractivity contribution in [2.75, 3.05) is 13.7 Å². The third-order valence-electron chi connectivity index (χ3n) is 4.81. The summed E-state index contributed by atoms with van der Waals surface area (Å²) in [6.07, 6.45) is 0.766. The molecule has 8 nitrogen and oxygen atoms in total. The maximum absolute atomic E-state index is 5.60. The van der Waals surface area contributed by atoms with Crippen LogP contribution in [0.3, 0.4) is 0 Å². The average molecular weight is 466 g/mol. The Morgan fingerprint density at radius 1 is 1.00 bits per heavy atom. The fourth-order valence-electron chi connectivity index (χ4n) is 3.29. The summed E-state index contributed by atoms with van der Waals surface area (Å²) in [4.78, 5) is 4.50. The van der Waals surface area contributed by atoms with Gasteiger partial charge >= 0.3 is 0 Å². The van der Waals surface area contributed by atoms with Crippen molar-refractivity contribution in [3.8, 4) is 28.6 Å². The Morgan fingerprint density at radius 3 is 2.39 bits per heavy atom. The number of benzene rings is 2. The van der Waals surface area contributed by atoms with Crippen LogP contribution in [-0.2, 0) is 12.2 Å². The molecule has 0 atom stereocenters. The lowest BCUT2D eigenvalue weighted by molar-refractivity contribution is 0.340. The molecule has 33 heavy (non-hydrogen) atoms. The van der Waals surface area contributed by atoms with Crippen LogP contribution in [0.5, 0.6) is 11.5 Å². The van der Waals surface area contributed by atoms with E-state index in [1.807, 2.05) is 60.0 Å². The third kappa shape index (κ3) is 5.54. The molecule has 0 saturated heterocycles. The van der Waals surface area contributed by atoms with Crippen molar-refractivity contribution in [3.63, 3.8) is 0 Å². The van der Waals surface area contributed by atoms with E-state index in [-0.39, 0.29) is 0 Å². The zero-order valence-corrected chi connectivity index (χ0v) is 20.0. The SMILES string of the molecule is CCOc1ccc(-n2c(SCc3noc(CC(C)C)n3)nnc2-c2ccc(OC)cc2)cc1. The van der Waals surface area contributed by atoms with Gasteiger partial charge in [-0.2, -0.15) is 4.98 Å². The highest BCUT2D eigenvalue weighted by atomic mass is 32.2. The van der Waals surface area contributed by atoms with E-state index >= 15 is 0 Å². The second-order valence-corrected chi connectivity index (χ2v) is 8.73. The Labute approximate surface area is 197 Å². The van der Waals surface area contributed by atoms with Crippen LogP contribution in [0.4, 0.5) is 0 Å². The maximum Gasteiger partial charge on any atom is 0.226 e. The van der Waals surface area contributed by atoms with E-state index in [4.69, 9.17) is 14.0 Å². The predicted octanol–water partition coefficient (Wildman–Crippen LogP) is 5.22. The van der Waals surface area contributed by atoms with Crippen LogP contribution >= 0.6 is 11.8 Å². The van der Waals surface area contributed by atoms with Crippen LogP contribution in [0.2, 0.25) is 0 Å². The first-order valence-corrected chi connectivity index (χ1v) is 11.8. The standard InChI is InChI=1S/C24H27N5O3S/c1-5-31-20-12-8-18(9-13-20)29-23(17-6-10-19(30-4)11-7-17)26-27-24(29)33-15-21-25-22(32-28-21)14-16(2)3/h6-13,16H,5,14-15H2,1-4H3. The minimum atomic E-state index is 0.459. The largest absolute Gasteiger partial charge is 0.497 e. The Hall–Kier alpha value is -3.33. The topological polar surface area (TPSA) is 88.1 Å². The van der Waals surface area contributed by atoms with Gasteiger partial charge in [-0.3, -0.25) is 4.57 Å². The first-order chi connectivity index (χ1) is 16.1. The van der Waals surface area contributed by atoms with Gasteiger partial charge in [0.1, 0.15) is 11.5 Å². The van der Waals surface area contributed by atoms with Crippen LogP contribution in [0.1, 0.15) is 32.5 Å². The second kappa shape index (κ2) is 10.5. The summed E-state index contributed by atoms with van der Waals surface area (Å²) in [5.41, 5.74) is 1.87. The van der Waals surface area contributed by atoms with Crippen molar-refractivity contribution in [2.24, 2.45) is 5.92 Å². The molecule has 4 rings (SSSR count). The molecule has 2 aromatic heterocycles. The molecule has 0 bridgehead atoms. The average Bonchev–Trinajstić information content (AvgIpc) is 3.45. The minimum Gasteiger partial charge on any atom is -0.497 e. The van der Waals surface area contributed by atoms with Gasteiger partial charge in [0.2, 0.25) is 5.89 Å². The molecule has 0 aliphatic rings. The summed E-state index contributed by atoms with van der Waals surface area (Å²) in [5.74, 6) is 4.63. The lowest BCUT2D eigenvalue weighted by Crippen LogP contribution is -2.01. The maximum atomic E-state index is 5.60. The molecule has 0 radical (unpaired) electrons. The molecule has 172 valence electrons. The van der Waals surface area contributed by atoms with Gasteiger partial charge in [0.15, 0.2) is 16.8 Å². The lowest BCUT2D eigenvalue weighted by atomic mass is 10.1. The van der Waals surface area contributed by atoms with E-state index in [9.17, 15) is 0 Å². The van der Waals surface area contributed by atoms with Gasteiger partial charge in [0.05, 0.1) is 19.5 Å². The molecule has 0 unspecified atom stereocenters. The van der Waals surface area contributed by atoms with E-state index in [2.05, 4.69) is 34.2 Å². The zero-order valence-electron chi connectivity index (χ0n) is 19.2. The Bertz CT molecular complexity index is 1170. The molecule has 0 N–H and O–H groups in total. The summed E-state index contributed by atoms with van der Waals surface area (Å²) in [6.45, 7) is 6.83. The molecule has 0 amide bonds. The molecule has 0 spiro atoms. The second-order valence-electron chi connectivity index (χ2n) is 7.79. The van der Waals surface area contributed by atoms with E-state index in [1.165, 1.54) is 11.8 Å². The van der Waals surface area contributed by atoms with Crippen molar-refractivity contribution in [1.29, 1.82) is 0 Å². The number of methoxy groups -OCH3 is 1. The molecule has 4 aromatic rings. The molecule has 0 aliphatic heterocycles. The first-order valence-electron chi connectivity index (χ1n) is 10.8. The number of rotatable bonds is 10. The van der Waals surface area contributed by atoms with E-state index in [1.54, 1.807) is 7.11 Å². The fourth-order valence-corrected chi connectivity index (χ4v) is 4.09. The van der Waals surface area contributed by atoms with Crippen LogP contribution in [-0.4, -0.2) is 38.6 Å². The Balaban J connectivity index is 1.64. The number of thioether (sulfide) groups is 1. The highest BCUT2D eigenvalue weighted by molar-refractivity contribution is 7.98. The normalized spacial score (nSPS) is 11.2. The molecular formula is C24H27N5O3S. The van der Waals surface area contributed by atoms with Crippen molar-refractivity contribution < 1.29 is 14.0 Å². The number of aromatic nitrogens is 5. The van der Waals surface area contributed by atoms with E-state index < -0.39 is 0 Å². The summed E-state index contributed by atoms with van der Waals surface area (Å²) in [6, 6.07) is 15.7. The third-order valence-corrected chi connectivity index (χ3v) is 5.74. The molecule has 0 fully saturated rings. The minimum absolute atomic E-state index is 0.459. The van der Waals surface area contributed by atoms with Crippen molar-refractivity contribution in [3.05, 3.63) is 60.2 Å². The van der Waals surface area contributed by atoms with Gasteiger partial charge in [-0.15, -0.1) is 10.2 Å². The van der Waals surface area contributed by atoms with Gasteiger partial charge in [-0.1, -0.05) is 30.8 Å². The highest BCUT2D eigenvalue weighted by Crippen LogP contribution is 2.31. The molecular weight excluding hydrogens is 438 g/mol. The molecule has 2 heterocycles. The number of hydrogen-bond donors (Lipinski definition) is 0. The molecule has 0 saturated carbocycles. The van der Waals surface area contributed by atoms with Gasteiger partial charge in [-0.05, 0) is 61.4 Å². The van der Waals surface area contributed by atoms with E-state index in [0.717, 1.165) is 40.2 Å². The first kappa shape index (κ1) is 22.8. The monoisotopic (exact) mass is 465 g/mol. The summed E-state index contributed by atoms with van der Waals surface area (Å²) >= 11 is 1.51. The van der Waals surface area contributed by atoms with Crippen molar-refractivity contribution in [2.45, 2.75) is 38.1 Å². The van der Waals surface area contributed by atoms with Crippen LogP contribution in [0.15, 0.2) is 58.2 Å². The van der Waals surface area contributed by atoms with Crippen LogP contribution in [0.25, 0.3) is 17.1 Å². The van der Waals surface area contributed by atoms with Crippen LogP contribution < -0.4 is 9.47 Å². The number of ether oxygens (including phenoxy) is 2. The summed E-state index contributed by atoms with van der Waals surface area (Å²) < 4.78 is 18.3. The van der Waals surface area contributed by atoms with Gasteiger partial charge in [0.25, 0.3) is 0 Å². The quantitative estimate of drug-likeness (QED) is 0.295. The summed E-state index contributed by atoms with van der Waals surface area (Å²) in [5, 5.41) is 13.8. The lowest BCUT2D eigenvalue weighted by Gasteiger charge is -2.11. The Morgan fingerprint density at radius 2 is 1.73 bits per heavy atom. The summed E-state index contributed by atoms with van der Waals surface area (Å²) in [7, 11) is 1.65. The van der Waals surface area contributed by atoms with Gasteiger partial charge < -0.3 is 14.0 Å². The molecule has 0 aliphatic carbocycles. The molecule has 2 aromatic carbocycles. The Kier molecular flexibility index (Phi) is 7.29. The molecule has 9 heteroatoms. The smallest absolute Gasteiger partial charge is 0.226 e. The highest BCUT2D eigenvalue weighted by Gasteiger charge is 2.18. The number of hydrogen-bond acceptors (Lipinski definition) is 8. The van der Waals surface area contributed by atoms with Crippen LogP contribution in [0, 0.1) is 5.92 Å². The fraction of sp³-hybridized carbons (Fsp3) is 0.333. The number of nitrogens with zero attached hydrogens (tertiary/aromatic N) is 5. The van der Waals surface area contributed by atoms with Crippen molar-refractivity contribution in [1.82, 2.24) is 24.9 Å². The zero-order chi connectivity index (χ0) is 23.2. The predicted molar refractivity (Wildman–Crippen MR) is 127 cm³/mol. The van der Waals surface area contributed by atoms with E-state index in [0.29, 0.717) is 30.0 Å². The van der Waals surface area contributed by atoms with Gasteiger partial charge in [-0.25, -0.2) is 0 Å². The van der Waals surface area contributed by atoms with Gasteiger partial charge in [0, 0.05) is 17.7 Å². The van der Waals surface area contributed by atoms with Crippen molar-refractivity contribution >= 4 is 11.8 Å².